The van der Waals surface area contributed by atoms with Crippen LogP contribution in [-0.4, -0.2) is 53.9 Å². The molecule has 0 aromatic rings. The maximum atomic E-state index is 13.0. The average molecular weight is 334 g/mol. The first-order chi connectivity index (χ1) is 11.5. The first-order valence-electron chi connectivity index (χ1n) is 9.02. The number of carbonyl (C=O) groups is 2. The van der Waals surface area contributed by atoms with E-state index in [0.29, 0.717) is 18.7 Å². The van der Waals surface area contributed by atoms with Gasteiger partial charge >= 0.3 is 0 Å². The van der Waals surface area contributed by atoms with Crippen LogP contribution in [0.15, 0.2) is 24.0 Å². The van der Waals surface area contributed by atoms with E-state index < -0.39 is 0 Å². The summed E-state index contributed by atoms with van der Waals surface area (Å²) in [7, 11) is 1.61. The smallest absolute Gasteiger partial charge is 0.245 e. The molecular weight excluding hydrogens is 304 g/mol. The highest BCUT2D eigenvalue weighted by atomic mass is 16.5. The van der Waals surface area contributed by atoms with Gasteiger partial charge in [0.05, 0.1) is 13.0 Å². The summed E-state index contributed by atoms with van der Waals surface area (Å²) in [6.45, 7) is 7.32. The Hall–Kier alpha value is -1.78. The fraction of sp³-hybridized carbons (Fsp3) is 0.684. The molecule has 0 N–H and O–H groups in total. The SMILES string of the molecule is CCC(C(=O)N1CCCC1C)N1CC/C=C\C(OC)=C/C(C)C1=O. The highest BCUT2D eigenvalue weighted by Gasteiger charge is 2.36. The van der Waals surface area contributed by atoms with Gasteiger partial charge < -0.3 is 14.5 Å². The van der Waals surface area contributed by atoms with Crippen LogP contribution in [0.2, 0.25) is 0 Å². The normalized spacial score (nSPS) is 30.0. The molecule has 0 aromatic heterocycles. The first kappa shape index (κ1) is 18.6. The Balaban J connectivity index is 2.22. The first-order valence-corrected chi connectivity index (χ1v) is 9.02. The zero-order valence-corrected chi connectivity index (χ0v) is 15.3. The minimum absolute atomic E-state index is 0.000278. The van der Waals surface area contributed by atoms with Crippen LogP contribution >= 0.6 is 0 Å². The van der Waals surface area contributed by atoms with Crippen LogP contribution in [-0.2, 0) is 14.3 Å². The summed E-state index contributed by atoms with van der Waals surface area (Å²) in [4.78, 5) is 29.7. The molecule has 134 valence electrons. The van der Waals surface area contributed by atoms with E-state index in [1.807, 2.05) is 37.0 Å². The molecule has 2 rings (SSSR count). The van der Waals surface area contributed by atoms with Crippen LogP contribution in [0.4, 0.5) is 0 Å². The van der Waals surface area contributed by atoms with Gasteiger partial charge in [-0.3, -0.25) is 9.59 Å². The summed E-state index contributed by atoms with van der Waals surface area (Å²) in [5, 5.41) is 0. The lowest BCUT2D eigenvalue weighted by Gasteiger charge is -2.35. The third-order valence-electron chi connectivity index (χ3n) is 5.03. The summed E-state index contributed by atoms with van der Waals surface area (Å²) in [6.07, 6.45) is 9.20. The molecular formula is C19H30N2O3. The summed E-state index contributed by atoms with van der Waals surface area (Å²) in [5.74, 6) is 0.494. The van der Waals surface area contributed by atoms with E-state index in [0.717, 1.165) is 25.8 Å². The number of nitrogens with zero attached hydrogens (tertiary/aromatic N) is 2. The maximum Gasteiger partial charge on any atom is 0.245 e. The van der Waals surface area contributed by atoms with Gasteiger partial charge in [-0.15, -0.1) is 0 Å². The summed E-state index contributed by atoms with van der Waals surface area (Å²) in [5.41, 5.74) is 0. The fourth-order valence-electron chi connectivity index (χ4n) is 3.58. The predicted molar refractivity (Wildman–Crippen MR) is 94.2 cm³/mol. The number of carbonyl (C=O) groups excluding carboxylic acids is 2. The standard InChI is InChI=1S/C19H30N2O3/c1-5-17(19(23)20-12-8-9-15(20)3)21-11-7-6-10-16(24-4)13-14(2)18(21)22/h6,10,13-15,17H,5,7-9,11-12H2,1-4H3/b10-6-,16-13+. The Morgan fingerprint density at radius 2 is 2.12 bits per heavy atom. The van der Waals surface area contributed by atoms with Gasteiger partial charge in [0.2, 0.25) is 11.8 Å². The van der Waals surface area contributed by atoms with Crippen molar-refractivity contribution >= 4 is 11.8 Å². The second kappa shape index (κ2) is 8.36. The number of hydrogen-bond acceptors (Lipinski definition) is 3. The fourth-order valence-corrected chi connectivity index (χ4v) is 3.58. The van der Waals surface area contributed by atoms with Gasteiger partial charge in [-0.2, -0.15) is 0 Å². The number of methoxy groups -OCH3 is 1. The molecule has 5 heteroatoms. The molecule has 0 saturated carbocycles. The second-order valence-electron chi connectivity index (χ2n) is 6.73. The van der Waals surface area contributed by atoms with Crippen LogP contribution in [0.25, 0.3) is 0 Å². The number of ether oxygens (including phenoxy) is 1. The van der Waals surface area contributed by atoms with Gasteiger partial charge in [0.25, 0.3) is 0 Å². The Bertz CT molecular complexity index is 527. The van der Waals surface area contributed by atoms with Crippen molar-refractivity contribution in [1.29, 1.82) is 0 Å². The molecule has 0 bridgehead atoms. The third kappa shape index (κ3) is 4.00. The molecule has 1 saturated heterocycles. The number of likely N-dealkylation sites (tertiary alicyclic amines) is 1. The van der Waals surface area contributed by atoms with Gasteiger partial charge in [-0.1, -0.05) is 13.0 Å². The molecule has 0 radical (unpaired) electrons. The molecule has 3 atom stereocenters. The van der Waals surface area contributed by atoms with Crippen molar-refractivity contribution in [3.8, 4) is 0 Å². The van der Waals surface area contributed by atoms with Crippen molar-refractivity contribution in [2.45, 2.75) is 58.5 Å². The van der Waals surface area contributed by atoms with E-state index in [-0.39, 0.29) is 29.8 Å². The monoisotopic (exact) mass is 334 g/mol. The summed E-state index contributed by atoms with van der Waals surface area (Å²) in [6, 6.07) is -0.0945. The lowest BCUT2D eigenvalue weighted by Crippen LogP contribution is -2.52. The Kier molecular flexibility index (Phi) is 6.46. The zero-order chi connectivity index (χ0) is 17.7. The summed E-state index contributed by atoms with van der Waals surface area (Å²) < 4.78 is 5.29. The molecule has 2 amide bonds. The Morgan fingerprint density at radius 1 is 1.38 bits per heavy atom. The van der Waals surface area contributed by atoms with Crippen LogP contribution in [0.3, 0.4) is 0 Å². The number of amides is 2. The third-order valence-corrected chi connectivity index (χ3v) is 5.03. The van der Waals surface area contributed by atoms with E-state index >= 15 is 0 Å². The van der Waals surface area contributed by atoms with Crippen molar-refractivity contribution in [2.24, 2.45) is 5.92 Å². The molecule has 0 aliphatic carbocycles. The molecule has 2 aliphatic heterocycles. The Morgan fingerprint density at radius 3 is 2.71 bits per heavy atom. The van der Waals surface area contributed by atoms with Gasteiger partial charge in [0.15, 0.2) is 0 Å². The van der Waals surface area contributed by atoms with Crippen LogP contribution in [0.1, 0.15) is 46.5 Å². The van der Waals surface area contributed by atoms with Crippen LogP contribution in [0.5, 0.6) is 0 Å². The molecule has 2 aliphatic rings. The minimum atomic E-state index is -0.369. The van der Waals surface area contributed by atoms with E-state index in [9.17, 15) is 9.59 Å². The highest BCUT2D eigenvalue weighted by molar-refractivity contribution is 5.89. The number of rotatable bonds is 4. The quantitative estimate of drug-likeness (QED) is 0.794. The topological polar surface area (TPSA) is 49.9 Å². The molecule has 3 unspecified atom stereocenters. The summed E-state index contributed by atoms with van der Waals surface area (Å²) >= 11 is 0. The highest BCUT2D eigenvalue weighted by Crippen LogP contribution is 2.22. The molecule has 0 spiro atoms. The van der Waals surface area contributed by atoms with Crippen LogP contribution in [0, 0.1) is 5.92 Å². The predicted octanol–water partition coefficient (Wildman–Crippen LogP) is 2.73. The lowest BCUT2D eigenvalue weighted by molar-refractivity contribution is -0.147. The molecule has 1 fully saturated rings. The van der Waals surface area contributed by atoms with Gasteiger partial charge in [0, 0.05) is 19.1 Å². The van der Waals surface area contributed by atoms with E-state index in [1.165, 1.54) is 0 Å². The van der Waals surface area contributed by atoms with Crippen molar-refractivity contribution in [3.05, 3.63) is 24.0 Å². The second-order valence-corrected chi connectivity index (χ2v) is 6.73. The molecule has 0 aromatic carbocycles. The Labute approximate surface area is 145 Å². The van der Waals surface area contributed by atoms with Crippen molar-refractivity contribution in [3.63, 3.8) is 0 Å². The van der Waals surface area contributed by atoms with Crippen LogP contribution < -0.4 is 0 Å². The zero-order valence-electron chi connectivity index (χ0n) is 15.3. The van der Waals surface area contributed by atoms with Crippen molar-refractivity contribution in [1.82, 2.24) is 9.80 Å². The maximum absolute atomic E-state index is 13.0. The van der Waals surface area contributed by atoms with Crippen molar-refractivity contribution in [2.75, 3.05) is 20.2 Å². The van der Waals surface area contributed by atoms with E-state index in [1.54, 1.807) is 12.0 Å². The molecule has 24 heavy (non-hydrogen) atoms. The largest absolute Gasteiger partial charge is 0.497 e. The van der Waals surface area contributed by atoms with Gasteiger partial charge in [-0.05, 0) is 51.7 Å². The van der Waals surface area contributed by atoms with E-state index in [4.69, 9.17) is 4.74 Å². The van der Waals surface area contributed by atoms with Gasteiger partial charge in [0.1, 0.15) is 11.8 Å². The molecule has 5 nitrogen and oxygen atoms in total. The molecule has 2 heterocycles. The van der Waals surface area contributed by atoms with Gasteiger partial charge in [-0.25, -0.2) is 0 Å². The lowest BCUT2D eigenvalue weighted by atomic mass is 10.1. The average Bonchev–Trinajstić information content (AvgIpc) is 3.02. The van der Waals surface area contributed by atoms with E-state index in [2.05, 4.69) is 6.92 Å². The number of hydrogen-bond donors (Lipinski definition) is 0. The minimum Gasteiger partial charge on any atom is -0.497 e. The number of allylic oxidation sites excluding steroid dienone is 1. The van der Waals surface area contributed by atoms with Crippen molar-refractivity contribution < 1.29 is 14.3 Å².